The number of hydrogen-bond acceptors (Lipinski definition) is 3. The number of para-hydroxylation sites is 1. The molecule has 0 aliphatic rings. The molecular formula is C34H35N3O2. The number of aryl methyl sites for hydroxylation is 1. The van der Waals surface area contributed by atoms with Gasteiger partial charge in [0.25, 0.3) is 0 Å². The van der Waals surface area contributed by atoms with Crippen molar-refractivity contribution in [1.82, 2.24) is 14.9 Å². The maximum absolute atomic E-state index is 13.3. The molecule has 2 heterocycles. The third-order valence-corrected chi connectivity index (χ3v) is 7.08. The van der Waals surface area contributed by atoms with Gasteiger partial charge >= 0.3 is 0 Å². The van der Waals surface area contributed by atoms with Gasteiger partial charge in [-0.15, -0.1) is 0 Å². The zero-order valence-electron chi connectivity index (χ0n) is 22.6. The molecule has 2 aromatic heterocycles. The van der Waals surface area contributed by atoms with Crippen LogP contribution < -0.4 is 10.1 Å². The number of fused-ring (bicyclic) bond motifs is 1. The SMILES string of the molecule is CCOc1ccc([C@H](CC(=O)NCCc2ccccn2)c2cn(Cc3ccc(C)cc3)c3ccccc23)cc1. The van der Waals surface area contributed by atoms with Crippen LogP contribution in [0.4, 0.5) is 0 Å². The highest BCUT2D eigenvalue weighted by Crippen LogP contribution is 2.36. The summed E-state index contributed by atoms with van der Waals surface area (Å²) in [7, 11) is 0. The van der Waals surface area contributed by atoms with E-state index >= 15 is 0 Å². The van der Waals surface area contributed by atoms with Gasteiger partial charge in [0.1, 0.15) is 5.75 Å². The summed E-state index contributed by atoms with van der Waals surface area (Å²) in [4.78, 5) is 17.6. The summed E-state index contributed by atoms with van der Waals surface area (Å²) < 4.78 is 7.98. The van der Waals surface area contributed by atoms with Crippen LogP contribution in [-0.2, 0) is 17.8 Å². The molecule has 39 heavy (non-hydrogen) atoms. The highest BCUT2D eigenvalue weighted by molar-refractivity contribution is 5.86. The van der Waals surface area contributed by atoms with E-state index in [1.165, 1.54) is 22.0 Å². The Bertz CT molecular complexity index is 1510. The predicted octanol–water partition coefficient (Wildman–Crippen LogP) is 6.67. The van der Waals surface area contributed by atoms with Gasteiger partial charge in [-0.3, -0.25) is 9.78 Å². The van der Waals surface area contributed by atoms with Gasteiger partial charge in [0.2, 0.25) is 5.91 Å². The molecule has 0 fully saturated rings. The molecule has 1 amide bonds. The first-order valence-electron chi connectivity index (χ1n) is 13.6. The van der Waals surface area contributed by atoms with Gasteiger partial charge in [-0.1, -0.05) is 66.2 Å². The van der Waals surface area contributed by atoms with Gasteiger partial charge in [-0.25, -0.2) is 0 Å². The Kier molecular flexibility index (Phi) is 8.37. The molecule has 0 saturated heterocycles. The Morgan fingerprint density at radius 1 is 0.949 bits per heavy atom. The minimum absolute atomic E-state index is 0.0279. The van der Waals surface area contributed by atoms with Crippen LogP contribution in [0.1, 0.15) is 47.2 Å². The van der Waals surface area contributed by atoms with E-state index in [9.17, 15) is 4.79 Å². The number of carbonyl (C=O) groups is 1. The molecule has 0 spiro atoms. The number of pyridine rings is 1. The number of rotatable bonds is 11. The van der Waals surface area contributed by atoms with Crippen LogP contribution in [0.3, 0.4) is 0 Å². The van der Waals surface area contributed by atoms with E-state index in [-0.39, 0.29) is 11.8 Å². The molecule has 0 aliphatic carbocycles. The van der Waals surface area contributed by atoms with E-state index < -0.39 is 0 Å². The minimum atomic E-state index is -0.0975. The number of hydrogen-bond donors (Lipinski definition) is 1. The van der Waals surface area contributed by atoms with E-state index in [1.54, 1.807) is 6.20 Å². The second-order valence-corrected chi connectivity index (χ2v) is 9.89. The van der Waals surface area contributed by atoms with Crippen molar-refractivity contribution in [3.05, 3.63) is 131 Å². The molecule has 0 unspecified atom stereocenters. The average molecular weight is 518 g/mol. The van der Waals surface area contributed by atoms with Crippen LogP contribution in [0, 0.1) is 6.92 Å². The van der Waals surface area contributed by atoms with Crippen molar-refractivity contribution in [2.75, 3.05) is 13.2 Å². The van der Waals surface area contributed by atoms with E-state index in [0.717, 1.165) is 29.1 Å². The van der Waals surface area contributed by atoms with E-state index in [2.05, 4.69) is 88.7 Å². The Morgan fingerprint density at radius 2 is 1.72 bits per heavy atom. The quantitative estimate of drug-likeness (QED) is 0.213. The largest absolute Gasteiger partial charge is 0.494 e. The molecule has 0 bridgehead atoms. The van der Waals surface area contributed by atoms with Gasteiger partial charge in [0.05, 0.1) is 6.61 Å². The van der Waals surface area contributed by atoms with Gasteiger partial charge in [0.15, 0.2) is 0 Å². The number of ether oxygens (including phenoxy) is 1. The van der Waals surface area contributed by atoms with E-state index in [0.29, 0.717) is 26.0 Å². The second-order valence-electron chi connectivity index (χ2n) is 9.89. The van der Waals surface area contributed by atoms with Crippen LogP contribution in [0.15, 0.2) is 103 Å². The molecule has 3 aromatic carbocycles. The first-order chi connectivity index (χ1) is 19.1. The van der Waals surface area contributed by atoms with Crippen molar-refractivity contribution < 1.29 is 9.53 Å². The molecule has 5 aromatic rings. The van der Waals surface area contributed by atoms with Gasteiger partial charge in [-0.2, -0.15) is 0 Å². The monoisotopic (exact) mass is 517 g/mol. The first-order valence-corrected chi connectivity index (χ1v) is 13.6. The fraction of sp³-hybridized carbons (Fsp3) is 0.235. The molecule has 0 aliphatic heterocycles. The Balaban J connectivity index is 1.44. The van der Waals surface area contributed by atoms with Crippen LogP contribution in [-0.4, -0.2) is 28.6 Å². The molecule has 5 heteroatoms. The lowest BCUT2D eigenvalue weighted by Gasteiger charge is -2.18. The van der Waals surface area contributed by atoms with Crippen molar-refractivity contribution in [1.29, 1.82) is 0 Å². The van der Waals surface area contributed by atoms with Gasteiger partial charge in [0, 0.05) is 60.8 Å². The highest BCUT2D eigenvalue weighted by atomic mass is 16.5. The number of benzene rings is 3. The molecule has 5 rings (SSSR count). The predicted molar refractivity (Wildman–Crippen MR) is 157 cm³/mol. The van der Waals surface area contributed by atoms with E-state index in [1.807, 2.05) is 37.3 Å². The van der Waals surface area contributed by atoms with Crippen LogP contribution >= 0.6 is 0 Å². The number of nitrogens with zero attached hydrogens (tertiary/aromatic N) is 2. The number of nitrogens with one attached hydrogen (secondary N) is 1. The molecular weight excluding hydrogens is 482 g/mol. The smallest absolute Gasteiger partial charge is 0.220 e. The lowest BCUT2D eigenvalue weighted by atomic mass is 9.88. The van der Waals surface area contributed by atoms with Crippen molar-refractivity contribution in [3.8, 4) is 5.75 Å². The maximum Gasteiger partial charge on any atom is 0.220 e. The van der Waals surface area contributed by atoms with Gasteiger partial charge in [-0.05, 0) is 60.9 Å². The Labute approximate surface area is 230 Å². The molecule has 1 atom stereocenters. The summed E-state index contributed by atoms with van der Waals surface area (Å²) in [6.07, 6.45) is 5.07. The fourth-order valence-electron chi connectivity index (χ4n) is 5.08. The lowest BCUT2D eigenvalue weighted by Crippen LogP contribution is -2.27. The maximum atomic E-state index is 13.3. The molecule has 0 radical (unpaired) electrons. The molecule has 198 valence electrons. The van der Waals surface area contributed by atoms with Crippen LogP contribution in [0.5, 0.6) is 5.75 Å². The lowest BCUT2D eigenvalue weighted by molar-refractivity contribution is -0.121. The number of amides is 1. The van der Waals surface area contributed by atoms with Gasteiger partial charge < -0.3 is 14.6 Å². The topological polar surface area (TPSA) is 56.1 Å². The molecule has 1 N–H and O–H groups in total. The summed E-state index contributed by atoms with van der Waals surface area (Å²) in [5, 5.41) is 4.29. The minimum Gasteiger partial charge on any atom is -0.494 e. The van der Waals surface area contributed by atoms with E-state index in [4.69, 9.17) is 4.74 Å². The summed E-state index contributed by atoms with van der Waals surface area (Å²) in [5.41, 5.74) is 6.89. The van der Waals surface area contributed by atoms with Crippen molar-refractivity contribution in [3.63, 3.8) is 0 Å². The van der Waals surface area contributed by atoms with Crippen molar-refractivity contribution in [2.45, 2.75) is 39.2 Å². The summed E-state index contributed by atoms with van der Waals surface area (Å²) in [6, 6.07) is 31.2. The van der Waals surface area contributed by atoms with Crippen LogP contribution in [0.25, 0.3) is 10.9 Å². The Morgan fingerprint density at radius 3 is 2.46 bits per heavy atom. The van der Waals surface area contributed by atoms with Crippen molar-refractivity contribution >= 4 is 16.8 Å². The zero-order chi connectivity index (χ0) is 27.0. The standard InChI is InChI=1S/C34H35N3O2/c1-3-39-29-17-15-27(16-18-29)31(22-34(38)36-21-19-28-8-6-7-20-35-28)32-24-37(33-10-5-4-9-30(32)33)23-26-13-11-25(2)12-14-26/h4-18,20,24,31H,3,19,21-23H2,1-2H3,(H,36,38)/t31-/m0/s1. The normalized spacial score (nSPS) is 11.8. The molecule has 5 nitrogen and oxygen atoms in total. The average Bonchev–Trinajstić information content (AvgIpc) is 3.32. The first kappa shape index (κ1) is 26.2. The summed E-state index contributed by atoms with van der Waals surface area (Å²) in [5.74, 6) is 0.765. The van der Waals surface area contributed by atoms with Crippen molar-refractivity contribution in [2.24, 2.45) is 0 Å². The molecule has 0 saturated carbocycles. The van der Waals surface area contributed by atoms with Crippen LogP contribution in [0.2, 0.25) is 0 Å². The third-order valence-electron chi connectivity index (χ3n) is 7.08. The number of carbonyl (C=O) groups excluding carboxylic acids is 1. The summed E-state index contributed by atoms with van der Waals surface area (Å²) in [6.45, 7) is 6.03. The zero-order valence-corrected chi connectivity index (χ0v) is 22.6. The fourth-order valence-corrected chi connectivity index (χ4v) is 5.08. The Hall–Kier alpha value is -4.38. The second kappa shape index (κ2) is 12.4. The third kappa shape index (κ3) is 6.55. The number of aromatic nitrogens is 2. The summed E-state index contributed by atoms with van der Waals surface area (Å²) >= 11 is 0. The highest BCUT2D eigenvalue weighted by Gasteiger charge is 2.23.